The second kappa shape index (κ2) is 8.68. The summed E-state index contributed by atoms with van der Waals surface area (Å²) in [5, 5.41) is 0. The zero-order chi connectivity index (χ0) is 14.1. The number of benzene rings is 1. The minimum absolute atomic E-state index is 0.290. The van der Waals surface area contributed by atoms with Crippen LogP contribution in [0.5, 0.6) is 5.75 Å². The van der Waals surface area contributed by atoms with Gasteiger partial charge in [0, 0.05) is 0 Å². The average molecular weight is 260 g/mol. The number of ether oxygens (including phenoxy) is 2. The summed E-state index contributed by atoms with van der Waals surface area (Å²) in [6, 6.07) is 5.52. The third kappa shape index (κ3) is 5.86. The molecule has 0 unspecified atom stereocenters. The fourth-order valence-corrected chi connectivity index (χ4v) is 1.88. The Kier molecular flexibility index (Phi) is 7.16. The molecule has 0 N–H and O–H groups in total. The highest BCUT2D eigenvalue weighted by atomic mass is 16.5. The first kappa shape index (κ1) is 15.7. The van der Waals surface area contributed by atoms with E-state index in [1.54, 1.807) is 13.0 Å². The lowest BCUT2D eigenvalue weighted by atomic mass is 9.94. The van der Waals surface area contributed by atoms with Crippen LogP contribution in [0.15, 0.2) is 18.2 Å². The van der Waals surface area contributed by atoms with Gasteiger partial charge in [-0.25, -0.2) is 4.79 Å². The first-order valence-electron chi connectivity index (χ1n) is 7.09. The molecule has 0 spiro atoms. The van der Waals surface area contributed by atoms with E-state index in [1.165, 1.54) is 19.2 Å². The van der Waals surface area contributed by atoms with Crippen molar-refractivity contribution >= 4 is 27.1 Å². The summed E-state index contributed by atoms with van der Waals surface area (Å²) in [5.41, 5.74) is 1.57. The third-order valence-corrected chi connectivity index (χ3v) is 2.83. The van der Waals surface area contributed by atoms with Crippen molar-refractivity contribution in [1.82, 2.24) is 0 Å². The molecule has 1 aromatic carbocycles. The van der Waals surface area contributed by atoms with Crippen LogP contribution < -0.4 is 10.2 Å². The van der Waals surface area contributed by atoms with E-state index in [1.807, 2.05) is 20.0 Å². The van der Waals surface area contributed by atoms with Crippen LogP contribution in [0.4, 0.5) is 0 Å². The zero-order valence-electron chi connectivity index (χ0n) is 12.2. The van der Waals surface area contributed by atoms with Gasteiger partial charge in [0.2, 0.25) is 0 Å². The molecule has 5 heteroatoms. The van der Waals surface area contributed by atoms with Gasteiger partial charge in [0.25, 0.3) is 0 Å². The van der Waals surface area contributed by atoms with Crippen molar-refractivity contribution in [2.75, 3.05) is 13.2 Å². The number of hydrogen-bond donors (Lipinski definition) is 0. The van der Waals surface area contributed by atoms with E-state index in [9.17, 15) is 4.79 Å². The van der Waals surface area contributed by atoms with E-state index in [4.69, 9.17) is 9.47 Å². The number of hydrogen-bond acceptors (Lipinski definition) is 3. The van der Waals surface area contributed by atoms with Gasteiger partial charge in [0.05, 0.1) is 18.8 Å². The smallest absolute Gasteiger partial charge is 0.338 e. The molecule has 0 bridgehead atoms. The lowest BCUT2D eigenvalue weighted by Crippen LogP contribution is -2.11. The van der Waals surface area contributed by atoms with Gasteiger partial charge < -0.3 is 9.47 Å². The summed E-state index contributed by atoms with van der Waals surface area (Å²) < 4.78 is 10.7. The monoisotopic (exact) mass is 260 g/mol. The quantitative estimate of drug-likeness (QED) is 0.392. The maximum atomic E-state index is 11.7. The molecule has 0 aliphatic heterocycles. The lowest BCUT2D eigenvalue weighted by molar-refractivity contribution is 0.0526. The molecule has 0 aliphatic carbocycles. The van der Waals surface area contributed by atoms with Gasteiger partial charge in [-0.1, -0.05) is 30.7 Å². The highest BCUT2D eigenvalue weighted by Crippen LogP contribution is 2.13. The first-order valence-corrected chi connectivity index (χ1v) is 7.09. The van der Waals surface area contributed by atoms with Crippen molar-refractivity contribution in [1.29, 1.82) is 0 Å². The second-order valence-corrected chi connectivity index (χ2v) is 4.66. The molecule has 19 heavy (non-hydrogen) atoms. The SMILES string of the molecule is BCCCCCOc1cc(B)cc(C(=O)OCC)c1. The van der Waals surface area contributed by atoms with E-state index in [-0.39, 0.29) is 5.97 Å². The predicted octanol–water partition coefficient (Wildman–Crippen LogP) is 0.722. The Morgan fingerprint density at radius 2 is 2.00 bits per heavy atom. The lowest BCUT2D eigenvalue weighted by Gasteiger charge is -2.09. The van der Waals surface area contributed by atoms with Crippen LogP contribution in [0.2, 0.25) is 6.32 Å². The van der Waals surface area contributed by atoms with Gasteiger partial charge in [0.1, 0.15) is 21.4 Å². The Morgan fingerprint density at radius 3 is 2.68 bits per heavy atom. The highest BCUT2D eigenvalue weighted by molar-refractivity contribution is 6.32. The molecule has 0 saturated heterocycles. The van der Waals surface area contributed by atoms with Crippen LogP contribution in [0, 0.1) is 0 Å². The molecule has 1 rings (SSSR count). The molecule has 0 amide bonds. The van der Waals surface area contributed by atoms with Crippen molar-refractivity contribution < 1.29 is 14.3 Å². The number of carbonyl (C=O) groups is 1. The molecular weight excluding hydrogens is 238 g/mol. The zero-order valence-corrected chi connectivity index (χ0v) is 12.2. The molecule has 0 heterocycles. The van der Waals surface area contributed by atoms with E-state index >= 15 is 0 Å². The molecule has 1 aromatic rings. The maximum absolute atomic E-state index is 11.7. The van der Waals surface area contributed by atoms with Gasteiger partial charge in [0.15, 0.2) is 0 Å². The molecule has 0 aromatic heterocycles. The fraction of sp³-hybridized carbons (Fsp3) is 0.500. The largest absolute Gasteiger partial charge is 0.494 e. The van der Waals surface area contributed by atoms with Gasteiger partial charge in [-0.15, -0.1) is 0 Å². The Hall–Kier alpha value is -1.38. The number of carbonyl (C=O) groups excluding carboxylic acids is 1. The van der Waals surface area contributed by atoms with Crippen molar-refractivity contribution in [2.24, 2.45) is 0 Å². The molecule has 0 atom stereocenters. The summed E-state index contributed by atoms with van der Waals surface area (Å²) >= 11 is 0. The molecule has 0 fully saturated rings. The van der Waals surface area contributed by atoms with Crippen molar-refractivity contribution in [3.05, 3.63) is 23.8 Å². The van der Waals surface area contributed by atoms with Crippen LogP contribution in [-0.2, 0) is 4.74 Å². The van der Waals surface area contributed by atoms with Crippen LogP contribution in [0.3, 0.4) is 0 Å². The molecule has 0 aliphatic rings. The fourth-order valence-electron chi connectivity index (χ4n) is 1.88. The molecule has 0 saturated carbocycles. The normalized spacial score (nSPS) is 10.2. The van der Waals surface area contributed by atoms with Crippen LogP contribution in [0.1, 0.15) is 36.5 Å². The van der Waals surface area contributed by atoms with E-state index in [0.717, 1.165) is 17.6 Å². The van der Waals surface area contributed by atoms with Gasteiger partial charge in [-0.2, -0.15) is 0 Å². The van der Waals surface area contributed by atoms with Gasteiger partial charge >= 0.3 is 5.97 Å². The van der Waals surface area contributed by atoms with Crippen molar-refractivity contribution in [3.8, 4) is 5.75 Å². The van der Waals surface area contributed by atoms with Crippen molar-refractivity contribution in [3.63, 3.8) is 0 Å². The Bertz CT molecular complexity index is 408. The highest BCUT2D eigenvalue weighted by Gasteiger charge is 2.08. The van der Waals surface area contributed by atoms with Gasteiger partial charge in [-0.3, -0.25) is 0 Å². The standard InChI is InChI=1S/C14H22B2O3/c1-2-18-14(17)11-8-12(16)10-13(9-11)19-7-5-3-4-6-15/h8-10H,2-7,15-16H2,1H3. The number of esters is 1. The third-order valence-electron chi connectivity index (χ3n) is 2.83. The van der Waals surface area contributed by atoms with E-state index in [2.05, 4.69) is 7.85 Å². The molecule has 102 valence electrons. The predicted molar refractivity (Wildman–Crippen MR) is 83.3 cm³/mol. The second-order valence-electron chi connectivity index (χ2n) is 4.66. The summed E-state index contributed by atoms with van der Waals surface area (Å²) in [7, 11) is 4.14. The van der Waals surface area contributed by atoms with E-state index < -0.39 is 0 Å². The minimum atomic E-state index is -0.290. The van der Waals surface area contributed by atoms with E-state index in [0.29, 0.717) is 18.8 Å². The maximum Gasteiger partial charge on any atom is 0.338 e. The molecule has 0 radical (unpaired) electrons. The topological polar surface area (TPSA) is 35.5 Å². The first-order chi connectivity index (χ1) is 9.17. The van der Waals surface area contributed by atoms with Gasteiger partial charge in [-0.05, 0) is 25.5 Å². The Labute approximate surface area is 117 Å². The molecular formula is C14H22B2O3. The van der Waals surface area contributed by atoms with Crippen LogP contribution in [-0.4, -0.2) is 34.9 Å². The van der Waals surface area contributed by atoms with Crippen LogP contribution >= 0.6 is 0 Å². The minimum Gasteiger partial charge on any atom is -0.494 e. The Morgan fingerprint density at radius 1 is 1.21 bits per heavy atom. The summed E-state index contributed by atoms with van der Waals surface area (Å²) in [4.78, 5) is 11.7. The average Bonchev–Trinajstić information content (AvgIpc) is 2.38. The van der Waals surface area contributed by atoms with Crippen LogP contribution in [0.25, 0.3) is 0 Å². The summed E-state index contributed by atoms with van der Waals surface area (Å²) in [6.07, 6.45) is 4.70. The van der Waals surface area contributed by atoms with Crippen molar-refractivity contribution in [2.45, 2.75) is 32.5 Å². The Balaban J connectivity index is 2.56. The molecule has 3 nitrogen and oxygen atoms in total. The summed E-state index contributed by atoms with van der Waals surface area (Å²) in [6.45, 7) is 2.89. The number of unbranched alkanes of at least 4 members (excludes halogenated alkanes) is 2. The summed E-state index contributed by atoms with van der Waals surface area (Å²) in [5.74, 6) is 0.460. The number of rotatable bonds is 8.